The second-order valence-corrected chi connectivity index (χ2v) is 5.46. The average Bonchev–Trinajstić information content (AvgIpc) is 3.33. The van der Waals surface area contributed by atoms with E-state index in [1.54, 1.807) is 12.4 Å². The molecule has 6 heteroatoms. The van der Waals surface area contributed by atoms with Crippen molar-refractivity contribution in [1.29, 1.82) is 0 Å². The fraction of sp³-hybridized carbons (Fsp3) is 0.105. The molecule has 0 atom stereocenters. The summed E-state index contributed by atoms with van der Waals surface area (Å²) in [4.78, 5) is 4.07. The van der Waals surface area contributed by atoms with Gasteiger partial charge in [-0.3, -0.25) is 4.98 Å². The van der Waals surface area contributed by atoms with Crippen LogP contribution in [0.25, 0.3) is 22.5 Å². The molecular formula is C19H15N3O3. The highest BCUT2D eigenvalue weighted by atomic mass is 16.5. The highest BCUT2D eigenvalue weighted by molar-refractivity contribution is 5.58. The van der Waals surface area contributed by atoms with E-state index in [0.717, 1.165) is 22.5 Å². The molecule has 0 saturated heterocycles. The third-order valence-corrected chi connectivity index (χ3v) is 3.63. The fourth-order valence-electron chi connectivity index (χ4n) is 2.41. The Hall–Kier alpha value is -3.25. The Labute approximate surface area is 144 Å². The predicted molar refractivity (Wildman–Crippen MR) is 90.2 cm³/mol. The van der Waals surface area contributed by atoms with E-state index in [-0.39, 0.29) is 0 Å². The summed E-state index contributed by atoms with van der Waals surface area (Å²) >= 11 is 0. The molecule has 0 saturated carbocycles. The van der Waals surface area contributed by atoms with Crippen LogP contribution in [0.2, 0.25) is 0 Å². The normalized spacial score (nSPS) is 10.9. The standard InChI is InChI=1S/C19H15N3O3/c1-2-5-14(6-3-1)18-9-16(24-21-18)12-23-13-17-10-19(22-25-17)15-7-4-8-20-11-15/h1-11H,12-13H2. The van der Waals surface area contributed by atoms with E-state index in [4.69, 9.17) is 13.8 Å². The maximum atomic E-state index is 5.62. The molecule has 0 amide bonds. The molecule has 6 nitrogen and oxygen atoms in total. The van der Waals surface area contributed by atoms with Gasteiger partial charge in [0.05, 0.1) is 0 Å². The van der Waals surface area contributed by atoms with Gasteiger partial charge in [-0.1, -0.05) is 40.6 Å². The molecule has 124 valence electrons. The summed E-state index contributed by atoms with van der Waals surface area (Å²) in [6.07, 6.45) is 3.46. The topological polar surface area (TPSA) is 74.2 Å². The molecule has 3 aromatic heterocycles. The van der Waals surface area contributed by atoms with Gasteiger partial charge in [-0.05, 0) is 12.1 Å². The molecule has 4 aromatic rings. The molecule has 4 rings (SSSR count). The Morgan fingerprint density at radius 2 is 1.40 bits per heavy atom. The minimum atomic E-state index is 0.300. The molecule has 0 aliphatic rings. The summed E-state index contributed by atoms with van der Waals surface area (Å²) in [6, 6.07) is 17.3. The van der Waals surface area contributed by atoms with Gasteiger partial charge >= 0.3 is 0 Å². The van der Waals surface area contributed by atoms with Crippen molar-refractivity contribution in [3.8, 4) is 22.5 Å². The SMILES string of the molecule is c1ccc(-c2cc(COCc3cc(-c4cccnc4)no3)on2)cc1. The van der Waals surface area contributed by atoms with Crippen LogP contribution >= 0.6 is 0 Å². The zero-order chi connectivity index (χ0) is 16.9. The smallest absolute Gasteiger partial charge is 0.163 e. The lowest BCUT2D eigenvalue weighted by atomic mass is 10.1. The van der Waals surface area contributed by atoms with Gasteiger partial charge in [0.25, 0.3) is 0 Å². The lowest BCUT2D eigenvalue weighted by Gasteiger charge is -1.96. The number of rotatable bonds is 6. The van der Waals surface area contributed by atoms with Gasteiger partial charge in [0.1, 0.15) is 24.6 Å². The number of hydrogen-bond donors (Lipinski definition) is 0. The van der Waals surface area contributed by atoms with Crippen LogP contribution in [0.15, 0.2) is 76.0 Å². The zero-order valence-corrected chi connectivity index (χ0v) is 13.3. The van der Waals surface area contributed by atoms with Crippen molar-refractivity contribution in [3.63, 3.8) is 0 Å². The first kappa shape index (κ1) is 15.3. The number of benzene rings is 1. The molecule has 1 aromatic carbocycles. The van der Waals surface area contributed by atoms with E-state index in [0.29, 0.717) is 24.7 Å². The second-order valence-electron chi connectivity index (χ2n) is 5.46. The summed E-state index contributed by atoms with van der Waals surface area (Å²) in [7, 11) is 0. The quantitative estimate of drug-likeness (QED) is 0.529. The van der Waals surface area contributed by atoms with E-state index in [2.05, 4.69) is 15.3 Å². The van der Waals surface area contributed by atoms with Gasteiger partial charge in [-0.2, -0.15) is 0 Å². The highest BCUT2D eigenvalue weighted by Crippen LogP contribution is 2.20. The molecule has 0 unspecified atom stereocenters. The van der Waals surface area contributed by atoms with Crippen LogP contribution in [0.5, 0.6) is 0 Å². The van der Waals surface area contributed by atoms with Crippen LogP contribution < -0.4 is 0 Å². The molecule has 0 fully saturated rings. The Bertz CT molecular complexity index is 855. The summed E-state index contributed by atoms with van der Waals surface area (Å²) in [5.41, 5.74) is 3.43. The van der Waals surface area contributed by atoms with Crippen molar-refractivity contribution in [2.24, 2.45) is 0 Å². The summed E-state index contributed by atoms with van der Waals surface area (Å²) < 4.78 is 16.2. The highest BCUT2D eigenvalue weighted by Gasteiger charge is 2.09. The Morgan fingerprint density at radius 1 is 0.760 bits per heavy atom. The van der Waals surface area contributed by atoms with Crippen LogP contribution in [0.1, 0.15) is 11.5 Å². The first-order valence-corrected chi connectivity index (χ1v) is 7.83. The van der Waals surface area contributed by atoms with E-state index in [1.165, 1.54) is 0 Å². The van der Waals surface area contributed by atoms with E-state index in [9.17, 15) is 0 Å². The van der Waals surface area contributed by atoms with Crippen molar-refractivity contribution in [1.82, 2.24) is 15.3 Å². The van der Waals surface area contributed by atoms with Gasteiger partial charge in [-0.25, -0.2) is 0 Å². The Kier molecular flexibility index (Phi) is 4.35. The first-order chi connectivity index (χ1) is 12.4. The average molecular weight is 333 g/mol. The number of aromatic nitrogens is 3. The van der Waals surface area contributed by atoms with Crippen LogP contribution in [0, 0.1) is 0 Å². The van der Waals surface area contributed by atoms with Crippen molar-refractivity contribution < 1.29 is 13.8 Å². The first-order valence-electron chi connectivity index (χ1n) is 7.83. The minimum Gasteiger partial charge on any atom is -0.365 e. The van der Waals surface area contributed by atoms with E-state index in [1.807, 2.05) is 54.6 Å². The lowest BCUT2D eigenvalue weighted by molar-refractivity contribution is 0.0727. The molecule has 0 radical (unpaired) electrons. The van der Waals surface area contributed by atoms with Crippen molar-refractivity contribution in [2.75, 3.05) is 0 Å². The van der Waals surface area contributed by atoms with Gasteiger partial charge in [0.15, 0.2) is 11.5 Å². The van der Waals surface area contributed by atoms with Gasteiger partial charge in [-0.15, -0.1) is 0 Å². The number of hydrogen-bond acceptors (Lipinski definition) is 6. The molecule has 0 spiro atoms. The Morgan fingerprint density at radius 3 is 2.04 bits per heavy atom. The minimum absolute atomic E-state index is 0.300. The molecule has 0 aliphatic heterocycles. The molecule has 3 heterocycles. The Balaban J connectivity index is 1.34. The second kappa shape index (κ2) is 7.11. The number of ether oxygens (including phenoxy) is 1. The van der Waals surface area contributed by atoms with Gasteiger partial charge in [0.2, 0.25) is 0 Å². The summed E-state index contributed by atoms with van der Waals surface area (Å²) in [5, 5.41) is 8.08. The molecule has 25 heavy (non-hydrogen) atoms. The number of nitrogens with zero attached hydrogens (tertiary/aromatic N) is 3. The largest absolute Gasteiger partial charge is 0.365 e. The maximum Gasteiger partial charge on any atom is 0.163 e. The van der Waals surface area contributed by atoms with E-state index >= 15 is 0 Å². The third kappa shape index (κ3) is 3.64. The fourth-order valence-corrected chi connectivity index (χ4v) is 2.41. The molecule has 0 N–H and O–H groups in total. The van der Waals surface area contributed by atoms with Crippen LogP contribution in [0.3, 0.4) is 0 Å². The lowest BCUT2D eigenvalue weighted by Crippen LogP contribution is -1.91. The zero-order valence-electron chi connectivity index (χ0n) is 13.3. The van der Waals surface area contributed by atoms with Gasteiger partial charge in [0, 0.05) is 35.7 Å². The van der Waals surface area contributed by atoms with Crippen LogP contribution in [-0.4, -0.2) is 15.3 Å². The monoisotopic (exact) mass is 333 g/mol. The third-order valence-electron chi connectivity index (χ3n) is 3.63. The summed E-state index contributed by atoms with van der Waals surface area (Å²) in [6.45, 7) is 0.609. The predicted octanol–water partition coefficient (Wildman–Crippen LogP) is 4.11. The summed E-state index contributed by atoms with van der Waals surface area (Å²) in [5.74, 6) is 1.30. The molecule has 0 bridgehead atoms. The molecule has 0 aliphatic carbocycles. The van der Waals surface area contributed by atoms with Crippen molar-refractivity contribution in [3.05, 3.63) is 78.5 Å². The molecular weight excluding hydrogens is 318 g/mol. The number of pyridine rings is 1. The van der Waals surface area contributed by atoms with Crippen LogP contribution in [-0.2, 0) is 18.0 Å². The maximum absolute atomic E-state index is 5.62. The van der Waals surface area contributed by atoms with Crippen LogP contribution in [0.4, 0.5) is 0 Å². The van der Waals surface area contributed by atoms with Gasteiger partial charge < -0.3 is 13.8 Å². The van der Waals surface area contributed by atoms with Crippen molar-refractivity contribution >= 4 is 0 Å². The van der Waals surface area contributed by atoms with E-state index < -0.39 is 0 Å². The van der Waals surface area contributed by atoms with Crippen molar-refractivity contribution in [2.45, 2.75) is 13.2 Å².